The number of benzene rings is 1. The monoisotopic (exact) mass is 254 g/mol. The molecule has 1 aromatic carbocycles. The number of amides is 1. The fourth-order valence-electron chi connectivity index (χ4n) is 2.19. The first kappa shape index (κ1) is 10.8. The minimum absolute atomic E-state index is 0.0432. The van der Waals surface area contributed by atoms with Crippen molar-refractivity contribution in [3.63, 3.8) is 0 Å². The number of rotatable bonds is 1. The third-order valence-electron chi connectivity index (χ3n) is 3.19. The van der Waals surface area contributed by atoms with Gasteiger partial charge in [-0.1, -0.05) is 11.6 Å². The lowest BCUT2D eigenvalue weighted by Gasteiger charge is -2.24. The average molecular weight is 255 g/mol. The molecule has 0 bridgehead atoms. The SMILES string of the molecule is O=C1CCN(C2CC2)c2cc(F)c(Cl)cc2N1. The maximum Gasteiger partial charge on any atom is 0.226 e. The van der Waals surface area contributed by atoms with Crippen LogP contribution in [0.4, 0.5) is 15.8 Å². The molecule has 0 unspecified atom stereocenters. The van der Waals surface area contributed by atoms with Crippen molar-refractivity contribution in [2.24, 2.45) is 0 Å². The summed E-state index contributed by atoms with van der Waals surface area (Å²) in [6.45, 7) is 0.643. The fraction of sp³-hybridized carbons (Fsp3) is 0.417. The van der Waals surface area contributed by atoms with Crippen LogP contribution >= 0.6 is 11.6 Å². The highest BCUT2D eigenvalue weighted by molar-refractivity contribution is 6.31. The van der Waals surface area contributed by atoms with Gasteiger partial charge in [-0.2, -0.15) is 0 Å². The molecule has 3 rings (SSSR count). The highest BCUT2D eigenvalue weighted by Crippen LogP contribution is 2.39. The Kier molecular flexibility index (Phi) is 2.47. The Labute approximate surface area is 104 Å². The lowest BCUT2D eigenvalue weighted by molar-refractivity contribution is -0.115. The highest BCUT2D eigenvalue weighted by Gasteiger charge is 2.33. The van der Waals surface area contributed by atoms with Crippen LogP contribution in [0, 0.1) is 5.82 Å². The zero-order valence-electron chi connectivity index (χ0n) is 9.17. The highest BCUT2D eigenvalue weighted by atomic mass is 35.5. The molecule has 1 saturated carbocycles. The van der Waals surface area contributed by atoms with Gasteiger partial charge >= 0.3 is 0 Å². The molecule has 2 aliphatic rings. The van der Waals surface area contributed by atoms with Crippen molar-refractivity contribution in [1.82, 2.24) is 0 Å². The molecule has 1 heterocycles. The summed E-state index contributed by atoms with van der Waals surface area (Å²) in [7, 11) is 0. The van der Waals surface area contributed by atoms with Gasteiger partial charge in [0.05, 0.1) is 16.4 Å². The Bertz CT molecular complexity index is 488. The number of nitrogens with zero attached hydrogens (tertiary/aromatic N) is 1. The first-order valence-electron chi connectivity index (χ1n) is 5.70. The topological polar surface area (TPSA) is 32.3 Å². The maximum atomic E-state index is 13.5. The van der Waals surface area contributed by atoms with Crippen molar-refractivity contribution < 1.29 is 9.18 Å². The van der Waals surface area contributed by atoms with E-state index in [1.807, 2.05) is 0 Å². The van der Waals surface area contributed by atoms with Gasteiger partial charge in [0.2, 0.25) is 5.91 Å². The van der Waals surface area contributed by atoms with Gasteiger partial charge in [0, 0.05) is 25.1 Å². The lowest BCUT2D eigenvalue weighted by Crippen LogP contribution is -2.26. The molecule has 1 aliphatic carbocycles. The zero-order valence-corrected chi connectivity index (χ0v) is 9.93. The van der Waals surface area contributed by atoms with E-state index in [1.54, 1.807) is 0 Å². The molecule has 90 valence electrons. The molecule has 0 radical (unpaired) electrons. The van der Waals surface area contributed by atoms with Gasteiger partial charge in [-0.3, -0.25) is 4.79 Å². The molecule has 1 amide bonds. The van der Waals surface area contributed by atoms with E-state index in [0.717, 1.165) is 18.5 Å². The number of hydrogen-bond donors (Lipinski definition) is 1. The van der Waals surface area contributed by atoms with Crippen LogP contribution < -0.4 is 10.2 Å². The summed E-state index contributed by atoms with van der Waals surface area (Å²) in [6.07, 6.45) is 2.65. The largest absolute Gasteiger partial charge is 0.366 e. The van der Waals surface area contributed by atoms with Crippen LogP contribution in [-0.4, -0.2) is 18.5 Å². The molecule has 5 heteroatoms. The Morgan fingerprint density at radius 1 is 1.41 bits per heavy atom. The van der Waals surface area contributed by atoms with Crippen molar-refractivity contribution in [1.29, 1.82) is 0 Å². The van der Waals surface area contributed by atoms with E-state index in [4.69, 9.17) is 11.6 Å². The van der Waals surface area contributed by atoms with E-state index >= 15 is 0 Å². The number of fused-ring (bicyclic) bond motifs is 1. The predicted molar refractivity (Wildman–Crippen MR) is 65.0 cm³/mol. The van der Waals surface area contributed by atoms with Gasteiger partial charge in [-0.15, -0.1) is 0 Å². The number of nitrogens with one attached hydrogen (secondary N) is 1. The van der Waals surface area contributed by atoms with Crippen LogP contribution in [0.1, 0.15) is 19.3 Å². The Morgan fingerprint density at radius 2 is 2.18 bits per heavy atom. The van der Waals surface area contributed by atoms with Crippen LogP contribution in [0.5, 0.6) is 0 Å². The fourth-order valence-corrected chi connectivity index (χ4v) is 2.36. The van der Waals surface area contributed by atoms with Crippen molar-refractivity contribution in [2.75, 3.05) is 16.8 Å². The smallest absolute Gasteiger partial charge is 0.226 e. The Hall–Kier alpha value is -1.29. The van der Waals surface area contributed by atoms with Crippen LogP contribution in [0.3, 0.4) is 0 Å². The average Bonchev–Trinajstić information content (AvgIpc) is 3.08. The standard InChI is InChI=1S/C12H12ClFN2O/c13-8-5-10-11(6-9(8)14)16(7-1-2-7)4-3-12(17)15-10/h5-7H,1-4H2,(H,15,17). The third kappa shape index (κ3) is 1.97. The number of halogens is 2. The van der Waals surface area contributed by atoms with Crippen molar-refractivity contribution in [2.45, 2.75) is 25.3 Å². The summed E-state index contributed by atoms with van der Waals surface area (Å²) >= 11 is 5.74. The molecule has 17 heavy (non-hydrogen) atoms. The molecule has 0 spiro atoms. The van der Waals surface area contributed by atoms with Gasteiger partial charge in [0.25, 0.3) is 0 Å². The molecule has 0 aromatic heterocycles. The summed E-state index contributed by atoms with van der Waals surface area (Å²) < 4.78 is 13.5. The van der Waals surface area contributed by atoms with E-state index in [2.05, 4.69) is 10.2 Å². The first-order valence-corrected chi connectivity index (χ1v) is 6.08. The van der Waals surface area contributed by atoms with Gasteiger partial charge in [0.15, 0.2) is 0 Å². The second-order valence-electron chi connectivity index (χ2n) is 4.51. The van der Waals surface area contributed by atoms with Gasteiger partial charge in [-0.25, -0.2) is 4.39 Å². The van der Waals surface area contributed by atoms with Crippen LogP contribution in [-0.2, 0) is 4.79 Å². The number of hydrogen-bond acceptors (Lipinski definition) is 2. The lowest BCUT2D eigenvalue weighted by atomic mass is 10.2. The minimum Gasteiger partial charge on any atom is -0.366 e. The molecule has 1 aromatic rings. The number of carbonyl (C=O) groups excluding carboxylic acids is 1. The summed E-state index contributed by atoms with van der Waals surface area (Å²) in [6, 6.07) is 3.36. The summed E-state index contributed by atoms with van der Waals surface area (Å²) in [5, 5.41) is 2.81. The normalized spacial score (nSPS) is 19.6. The second kappa shape index (κ2) is 3.88. The molecule has 1 fully saturated rings. The quantitative estimate of drug-likeness (QED) is 0.836. The molecular weight excluding hydrogens is 243 g/mol. The van der Waals surface area contributed by atoms with Crippen molar-refractivity contribution in [3.05, 3.63) is 23.0 Å². The predicted octanol–water partition coefficient (Wildman–Crippen LogP) is 2.79. The molecule has 3 nitrogen and oxygen atoms in total. The first-order chi connectivity index (χ1) is 8.15. The summed E-state index contributed by atoms with van der Waals surface area (Å²) in [4.78, 5) is 13.7. The molecule has 0 saturated heterocycles. The molecule has 1 N–H and O–H groups in total. The van der Waals surface area contributed by atoms with E-state index < -0.39 is 5.82 Å². The molecular formula is C12H12ClFN2O. The van der Waals surface area contributed by atoms with Crippen molar-refractivity contribution >= 4 is 28.9 Å². The van der Waals surface area contributed by atoms with E-state index in [9.17, 15) is 9.18 Å². The van der Waals surface area contributed by atoms with E-state index in [0.29, 0.717) is 24.7 Å². The minimum atomic E-state index is -0.438. The van der Waals surface area contributed by atoms with Gasteiger partial charge in [0.1, 0.15) is 5.82 Å². The Balaban J connectivity index is 2.08. The van der Waals surface area contributed by atoms with Crippen molar-refractivity contribution in [3.8, 4) is 0 Å². The van der Waals surface area contributed by atoms with E-state index in [-0.39, 0.29) is 10.9 Å². The molecule has 0 atom stereocenters. The summed E-state index contributed by atoms with van der Waals surface area (Å²) in [5.74, 6) is -0.482. The van der Waals surface area contributed by atoms with E-state index in [1.165, 1.54) is 12.1 Å². The van der Waals surface area contributed by atoms with Gasteiger partial charge in [-0.05, 0) is 18.9 Å². The van der Waals surface area contributed by atoms with Crippen LogP contribution in [0.25, 0.3) is 0 Å². The zero-order chi connectivity index (χ0) is 12.0. The van der Waals surface area contributed by atoms with Crippen LogP contribution in [0.15, 0.2) is 12.1 Å². The summed E-state index contributed by atoms with van der Waals surface area (Å²) in [5.41, 5.74) is 1.37. The number of carbonyl (C=O) groups is 1. The van der Waals surface area contributed by atoms with Gasteiger partial charge < -0.3 is 10.2 Å². The second-order valence-corrected chi connectivity index (χ2v) is 4.91. The molecule has 1 aliphatic heterocycles. The third-order valence-corrected chi connectivity index (χ3v) is 3.48. The number of anilines is 2. The maximum absolute atomic E-state index is 13.5. The Morgan fingerprint density at radius 3 is 2.88 bits per heavy atom. The van der Waals surface area contributed by atoms with Crippen LogP contribution in [0.2, 0.25) is 5.02 Å².